The molecule has 0 unspecified atom stereocenters. The lowest BCUT2D eigenvalue weighted by molar-refractivity contribution is 0.0735. The topological polar surface area (TPSA) is 32.3 Å². The summed E-state index contributed by atoms with van der Waals surface area (Å²) >= 11 is 5.94. The minimum absolute atomic E-state index is 0. The highest BCUT2D eigenvalue weighted by atomic mass is 35.5. The van der Waals surface area contributed by atoms with E-state index in [1.54, 1.807) is 12.1 Å². The number of carbonyl (C=O) groups is 1. The standard InChI is InChI=1S/C12H15ClN2O.ClH/c1-9-8-10(2-3-11(9)13)12(16)15-6-4-14-5-7-15;/h2-3,8,14H,4-7H2,1H3;1H. The van der Waals surface area contributed by atoms with E-state index < -0.39 is 0 Å². The number of benzene rings is 1. The normalized spacial score (nSPS) is 15.3. The maximum absolute atomic E-state index is 12.1. The van der Waals surface area contributed by atoms with Gasteiger partial charge in [-0.2, -0.15) is 0 Å². The van der Waals surface area contributed by atoms with Crippen LogP contribution in [0.2, 0.25) is 5.02 Å². The zero-order valence-corrected chi connectivity index (χ0v) is 11.3. The molecule has 1 aromatic carbocycles. The first-order chi connectivity index (χ1) is 7.68. The van der Waals surface area contributed by atoms with Crippen molar-refractivity contribution in [2.45, 2.75) is 6.92 Å². The van der Waals surface area contributed by atoms with Gasteiger partial charge in [-0.15, -0.1) is 12.4 Å². The van der Waals surface area contributed by atoms with Gasteiger partial charge < -0.3 is 10.2 Å². The van der Waals surface area contributed by atoms with E-state index in [4.69, 9.17) is 11.6 Å². The number of carbonyl (C=O) groups excluding carboxylic acids is 1. The minimum Gasteiger partial charge on any atom is -0.336 e. The van der Waals surface area contributed by atoms with Gasteiger partial charge in [-0.1, -0.05) is 11.6 Å². The molecule has 0 aliphatic carbocycles. The largest absolute Gasteiger partial charge is 0.336 e. The van der Waals surface area contributed by atoms with Gasteiger partial charge in [-0.25, -0.2) is 0 Å². The van der Waals surface area contributed by atoms with Gasteiger partial charge in [0, 0.05) is 36.8 Å². The number of piperazine rings is 1. The molecule has 0 bridgehead atoms. The van der Waals surface area contributed by atoms with Crippen LogP contribution in [0.4, 0.5) is 0 Å². The second-order valence-electron chi connectivity index (χ2n) is 4.01. The molecule has 0 atom stereocenters. The maximum Gasteiger partial charge on any atom is 0.253 e. The summed E-state index contributed by atoms with van der Waals surface area (Å²) in [5.41, 5.74) is 1.67. The molecule has 1 aromatic rings. The summed E-state index contributed by atoms with van der Waals surface area (Å²) in [6, 6.07) is 5.43. The summed E-state index contributed by atoms with van der Waals surface area (Å²) in [4.78, 5) is 14.0. The molecule has 1 aliphatic rings. The van der Waals surface area contributed by atoms with Crippen molar-refractivity contribution in [3.63, 3.8) is 0 Å². The van der Waals surface area contributed by atoms with Crippen molar-refractivity contribution in [3.8, 4) is 0 Å². The lowest BCUT2D eigenvalue weighted by Crippen LogP contribution is -2.46. The van der Waals surface area contributed by atoms with E-state index >= 15 is 0 Å². The third kappa shape index (κ3) is 3.35. The highest BCUT2D eigenvalue weighted by Crippen LogP contribution is 2.17. The van der Waals surface area contributed by atoms with E-state index in [0.29, 0.717) is 5.02 Å². The van der Waals surface area contributed by atoms with Gasteiger partial charge in [0.2, 0.25) is 0 Å². The van der Waals surface area contributed by atoms with Gasteiger partial charge in [0.05, 0.1) is 0 Å². The molecular weight excluding hydrogens is 259 g/mol. The molecule has 0 saturated carbocycles. The molecule has 1 amide bonds. The van der Waals surface area contributed by atoms with Gasteiger partial charge >= 0.3 is 0 Å². The Balaban J connectivity index is 0.00000144. The van der Waals surface area contributed by atoms with Crippen LogP contribution in [0.1, 0.15) is 15.9 Å². The van der Waals surface area contributed by atoms with Crippen LogP contribution in [-0.4, -0.2) is 37.0 Å². The second kappa shape index (κ2) is 6.24. The molecular formula is C12H16Cl2N2O. The number of hydrogen-bond donors (Lipinski definition) is 1. The molecule has 0 aromatic heterocycles. The number of rotatable bonds is 1. The van der Waals surface area contributed by atoms with Crippen molar-refractivity contribution in [1.29, 1.82) is 0 Å². The number of amides is 1. The molecule has 0 spiro atoms. The van der Waals surface area contributed by atoms with Gasteiger partial charge in [-0.05, 0) is 30.7 Å². The van der Waals surface area contributed by atoms with Crippen LogP contribution in [0.5, 0.6) is 0 Å². The molecule has 3 nitrogen and oxygen atoms in total. The summed E-state index contributed by atoms with van der Waals surface area (Å²) < 4.78 is 0. The maximum atomic E-state index is 12.1. The summed E-state index contributed by atoms with van der Waals surface area (Å²) in [5, 5.41) is 3.93. The first-order valence-corrected chi connectivity index (χ1v) is 5.82. The third-order valence-corrected chi connectivity index (χ3v) is 3.23. The van der Waals surface area contributed by atoms with Crippen LogP contribution in [0.3, 0.4) is 0 Å². The molecule has 0 radical (unpaired) electrons. The van der Waals surface area contributed by atoms with Crippen LogP contribution in [0.15, 0.2) is 18.2 Å². The lowest BCUT2D eigenvalue weighted by atomic mass is 10.1. The molecule has 1 N–H and O–H groups in total. The first-order valence-electron chi connectivity index (χ1n) is 5.44. The van der Waals surface area contributed by atoms with E-state index in [0.717, 1.165) is 37.3 Å². The number of nitrogens with zero attached hydrogens (tertiary/aromatic N) is 1. The predicted octanol–water partition coefficient (Wildman–Crippen LogP) is 2.12. The monoisotopic (exact) mass is 274 g/mol. The van der Waals surface area contributed by atoms with E-state index in [1.807, 2.05) is 17.9 Å². The smallest absolute Gasteiger partial charge is 0.253 e. The molecule has 1 aliphatic heterocycles. The fourth-order valence-corrected chi connectivity index (χ4v) is 1.95. The van der Waals surface area contributed by atoms with E-state index in [-0.39, 0.29) is 18.3 Å². The average molecular weight is 275 g/mol. The van der Waals surface area contributed by atoms with Crippen LogP contribution in [0, 0.1) is 6.92 Å². The van der Waals surface area contributed by atoms with Gasteiger partial charge in [0.15, 0.2) is 0 Å². The van der Waals surface area contributed by atoms with Crippen LogP contribution in [0.25, 0.3) is 0 Å². The summed E-state index contributed by atoms with van der Waals surface area (Å²) in [6.45, 7) is 5.22. The van der Waals surface area contributed by atoms with Crippen LogP contribution in [-0.2, 0) is 0 Å². The molecule has 1 fully saturated rings. The summed E-state index contributed by atoms with van der Waals surface area (Å²) in [6.07, 6.45) is 0. The fourth-order valence-electron chi connectivity index (χ4n) is 1.83. The summed E-state index contributed by atoms with van der Waals surface area (Å²) in [7, 11) is 0. The minimum atomic E-state index is 0. The Morgan fingerprint density at radius 1 is 1.35 bits per heavy atom. The van der Waals surface area contributed by atoms with Crippen molar-refractivity contribution in [1.82, 2.24) is 10.2 Å². The Bertz CT molecular complexity index is 403. The van der Waals surface area contributed by atoms with Gasteiger partial charge in [-0.3, -0.25) is 4.79 Å². The Labute approximate surface area is 113 Å². The molecule has 94 valence electrons. The Hall–Kier alpha value is -0.770. The van der Waals surface area contributed by atoms with Crippen molar-refractivity contribution in [3.05, 3.63) is 34.3 Å². The highest BCUT2D eigenvalue weighted by Gasteiger charge is 2.17. The molecule has 1 heterocycles. The first kappa shape index (κ1) is 14.3. The van der Waals surface area contributed by atoms with Crippen molar-refractivity contribution < 1.29 is 4.79 Å². The van der Waals surface area contributed by atoms with Crippen LogP contribution >= 0.6 is 24.0 Å². The highest BCUT2D eigenvalue weighted by molar-refractivity contribution is 6.31. The number of halogens is 2. The van der Waals surface area contributed by atoms with Gasteiger partial charge in [0.1, 0.15) is 0 Å². The SMILES string of the molecule is Cc1cc(C(=O)N2CCNCC2)ccc1Cl.Cl. The Morgan fingerprint density at radius 3 is 2.59 bits per heavy atom. The van der Waals surface area contributed by atoms with E-state index in [9.17, 15) is 4.79 Å². The fraction of sp³-hybridized carbons (Fsp3) is 0.417. The average Bonchev–Trinajstić information content (AvgIpc) is 2.33. The van der Waals surface area contributed by atoms with Crippen LogP contribution < -0.4 is 5.32 Å². The Morgan fingerprint density at radius 2 is 2.00 bits per heavy atom. The number of aryl methyl sites for hydroxylation is 1. The zero-order valence-electron chi connectivity index (χ0n) is 9.70. The van der Waals surface area contributed by atoms with E-state index in [1.165, 1.54) is 0 Å². The molecule has 2 rings (SSSR count). The van der Waals surface area contributed by atoms with Gasteiger partial charge in [0.25, 0.3) is 5.91 Å². The molecule has 17 heavy (non-hydrogen) atoms. The number of nitrogens with one attached hydrogen (secondary N) is 1. The Kier molecular flexibility index (Phi) is 5.25. The number of hydrogen-bond acceptors (Lipinski definition) is 2. The van der Waals surface area contributed by atoms with E-state index in [2.05, 4.69) is 5.32 Å². The van der Waals surface area contributed by atoms with Crippen molar-refractivity contribution in [2.24, 2.45) is 0 Å². The molecule has 1 saturated heterocycles. The van der Waals surface area contributed by atoms with Crippen molar-refractivity contribution in [2.75, 3.05) is 26.2 Å². The summed E-state index contributed by atoms with van der Waals surface area (Å²) in [5.74, 6) is 0.0984. The lowest BCUT2D eigenvalue weighted by Gasteiger charge is -2.27. The predicted molar refractivity (Wildman–Crippen MR) is 72.2 cm³/mol. The van der Waals surface area contributed by atoms with Crippen molar-refractivity contribution >= 4 is 29.9 Å². The molecule has 5 heteroatoms. The third-order valence-electron chi connectivity index (χ3n) is 2.81. The zero-order chi connectivity index (χ0) is 11.5. The second-order valence-corrected chi connectivity index (χ2v) is 4.41. The quantitative estimate of drug-likeness (QED) is 0.851.